The normalized spacial score (nSPS) is 24.9. The summed E-state index contributed by atoms with van der Waals surface area (Å²) in [5.74, 6) is 0.395. The fourth-order valence-electron chi connectivity index (χ4n) is 2.31. The lowest BCUT2D eigenvalue weighted by molar-refractivity contribution is 0.209. The van der Waals surface area contributed by atoms with E-state index in [-0.39, 0.29) is 24.3 Å². The molecule has 94 valence electrons. The highest BCUT2D eigenvalue weighted by Crippen LogP contribution is 2.38. The molecule has 3 nitrogen and oxygen atoms in total. The largest absolute Gasteiger partial charge is 0.508 e. The van der Waals surface area contributed by atoms with E-state index in [0.717, 1.165) is 24.9 Å². The average Bonchev–Trinajstić information content (AvgIpc) is 2.34. The molecule has 1 fully saturated rings. The van der Waals surface area contributed by atoms with Crippen LogP contribution in [0.4, 0.5) is 0 Å². The second-order valence-electron chi connectivity index (χ2n) is 4.38. The third kappa shape index (κ3) is 2.86. The third-order valence-electron chi connectivity index (χ3n) is 3.22. The number of aromatic hydroxyl groups is 1. The molecule has 0 bridgehead atoms. The van der Waals surface area contributed by atoms with Gasteiger partial charge in [-0.05, 0) is 36.9 Å². The van der Waals surface area contributed by atoms with E-state index in [9.17, 15) is 5.11 Å². The van der Waals surface area contributed by atoms with Gasteiger partial charge >= 0.3 is 0 Å². The van der Waals surface area contributed by atoms with Crippen molar-refractivity contribution in [2.75, 3.05) is 13.2 Å². The zero-order valence-electron chi connectivity index (χ0n) is 9.29. The highest BCUT2D eigenvalue weighted by Gasteiger charge is 2.24. The number of benzene rings is 1. The molecular weight excluding hydrogens is 261 g/mol. The topological polar surface area (TPSA) is 52.5 Å². The van der Waals surface area contributed by atoms with Gasteiger partial charge in [-0.1, -0.05) is 23.2 Å². The van der Waals surface area contributed by atoms with Crippen molar-refractivity contribution in [3.63, 3.8) is 0 Å². The SMILES string of the molecule is OC[C@@H]1CC(c2cc(Cl)c(Cl)cc2O)CCN1. The molecule has 0 saturated carbocycles. The molecule has 5 heteroatoms. The fraction of sp³-hybridized carbons (Fsp3) is 0.500. The molecule has 1 unspecified atom stereocenters. The fourth-order valence-corrected chi connectivity index (χ4v) is 2.64. The van der Waals surface area contributed by atoms with E-state index in [0.29, 0.717) is 10.0 Å². The number of hydrogen-bond acceptors (Lipinski definition) is 3. The number of rotatable bonds is 2. The maximum Gasteiger partial charge on any atom is 0.120 e. The van der Waals surface area contributed by atoms with Crippen LogP contribution in [0.15, 0.2) is 12.1 Å². The Balaban J connectivity index is 2.24. The first-order valence-electron chi connectivity index (χ1n) is 5.64. The second kappa shape index (κ2) is 5.44. The smallest absolute Gasteiger partial charge is 0.120 e. The monoisotopic (exact) mass is 275 g/mol. The number of nitrogens with one attached hydrogen (secondary N) is 1. The predicted molar refractivity (Wildman–Crippen MR) is 69.0 cm³/mol. The lowest BCUT2D eigenvalue weighted by atomic mass is 9.86. The molecule has 0 radical (unpaired) electrons. The van der Waals surface area contributed by atoms with Gasteiger partial charge in [0.05, 0.1) is 16.7 Å². The molecule has 0 aliphatic carbocycles. The van der Waals surface area contributed by atoms with Gasteiger partial charge in [0.25, 0.3) is 0 Å². The summed E-state index contributed by atoms with van der Waals surface area (Å²) >= 11 is 11.8. The van der Waals surface area contributed by atoms with Crippen LogP contribution in [0.2, 0.25) is 10.0 Å². The molecular formula is C12H15Cl2NO2. The lowest BCUT2D eigenvalue weighted by Gasteiger charge is -2.30. The lowest BCUT2D eigenvalue weighted by Crippen LogP contribution is -2.39. The van der Waals surface area contributed by atoms with Crippen molar-refractivity contribution in [3.05, 3.63) is 27.7 Å². The van der Waals surface area contributed by atoms with E-state index in [1.165, 1.54) is 6.07 Å². The van der Waals surface area contributed by atoms with Crippen LogP contribution >= 0.6 is 23.2 Å². The van der Waals surface area contributed by atoms with E-state index >= 15 is 0 Å². The van der Waals surface area contributed by atoms with Crippen molar-refractivity contribution in [1.29, 1.82) is 0 Å². The summed E-state index contributed by atoms with van der Waals surface area (Å²) < 4.78 is 0. The summed E-state index contributed by atoms with van der Waals surface area (Å²) in [5.41, 5.74) is 0.819. The van der Waals surface area contributed by atoms with Gasteiger partial charge in [-0.15, -0.1) is 0 Å². The Labute approximate surface area is 110 Å². The van der Waals surface area contributed by atoms with E-state index < -0.39 is 0 Å². The average molecular weight is 276 g/mol. The van der Waals surface area contributed by atoms with Crippen LogP contribution in [-0.2, 0) is 0 Å². The van der Waals surface area contributed by atoms with Crippen LogP contribution in [0.25, 0.3) is 0 Å². The summed E-state index contributed by atoms with van der Waals surface area (Å²) in [6.07, 6.45) is 1.71. The Kier molecular flexibility index (Phi) is 4.15. The molecule has 1 aliphatic heterocycles. The van der Waals surface area contributed by atoms with Crippen LogP contribution in [-0.4, -0.2) is 29.4 Å². The Hall–Kier alpha value is -0.480. The quantitative estimate of drug-likeness (QED) is 0.778. The van der Waals surface area contributed by atoms with Crippen molar-refractivity contribution in [1.82, 2.24) is 5.32 Å². The van der Waals surface area contributed by atoms with Crippen molar-refractivity contribution >= 4 is 23.2 Å². The van der Waals surface area contributed by atoms with E-state index in [1.807, 2.05) is 0 Å². The minimum absolute atomic E-state index is 0.0857. The summed E-state index contributed by atoms with van der Waals surface area (Å²) in [7, 11) is 0. The molecule has 1 aromatic rings. The molecule has 1 heterocycles. The van der Waals surface area contributed by atoms with Gasteiger partial charge in [0, 0.05) is 12.1 Å². The summed E-state index contributed by atoms with van der Waals surface area (Å²) in [6.45, 7) is 0.939. The Bertz CT molecular complexity index is 412. The van der Waals surface area contributed by atoms with Gasteiger partial charge in [0.1, 0.15) is 5.75 Å². The van der Waals surface area contributed by atoms with Crippen LogP contribution in [0.5, 0.6) is 5.75 Å². The first kappa shape index (κ1) is 13.0. The van der Waals surface area contributed by atoms with Crippen molar-refractivity contribution in [2.45, 2.75) is 24.8 Å². The number of phenols is 1. The zero-order chi connectivity index (χ0) is 12.4. The summed E-state index contributed by atoms with van der Waals surface area (Å²) in [6, 6.07) is 3.29. The number of piperidine rings is 1. The van der Waals surface area contributed by atoms with E-state index in [1.54, 1.807) is 6.07 Å². The van der Waals surface area contributed by atoms with Gasteiger partial charge in [-0.3, -0.25) is 0 Å². The first-order valence-corrected chi connectivity index (χ1v) is 6.39. The Morgan fingerprint density at radius 2 is 2.00 bits per heavy atom. The van der Waals surface area contributed by atoms with Crippen molar-refractivity contribution < 1.29 is 10.2 Å². The highest BCUT2D eigenvalue weighted by atomic mass is 35.5. The van der Waals surface area contributed by atoms with Crippen LogP contribution < -0.4 is 5.32 Å². The third-order valence-corrected chi connectivity index (χ3v) is 3.95. The zero-order valence-corrected chi connectivity index (χ0v) is 10.8. The minimum atomic E-state index is 0.0857. The van der Waals surface area contributed by atoms with Crippen molar-refractivity contribution in [2.24, 2.45) is 0 Å². The van der Waals surface area contributed by atoms with Gasteiger partial charge in [-0.2, -0.15) is 0 Å². The molecule has 2 rings (SSSR count). The predicted octanol–water partition coefficient (Wildman–Crippen LogP) is 2.53. The van der Waals surface area contributed by atoms with Crippen LogP contribution in [0.3, 0.4) is 0 Å². The standard InChI is InChI=1S/C12H15Cl2NO2/c13-10-4-9(12(17)5-11(10)14)7-1-2-15-8(3-7)6-16/h4-5,7-8,15-17H,1-3,6H2/t7?,8-/m0/s1. The molecule has 1 aromatic carbocycles. The molecule has 1 aliphatic rings. The van der Waals surface area contributed by atoms with Gasteiger partial charge in [0.2, 0.25) is 0 Å². The minimum Gasteiger partial charge on any atom is -0.508 e. The molecule has 3 N–H and O–H groups in total. The van der Waals surface area contributed by atoms with E-state index in [2.05, 4.69) is 5.32 Å². The summed E-state index contributed by atoms with van der Waals surface area (Å²) in [5, 5.41) is 23.1. The Morgan fingerprint density at radius 3 is 2.71 bits per heavy atom. The molecule has 0 aromatic heterocycles. The number of aliphatic hydroxyl groups is 1. The number of hydrogen-bond donors (Lipinski definition) is 3. The van der Waals surface area contributed by atoms with Gasteiger partial charge < -0.3 is 15.5 Å². The van der Waals surface area contributed by atoms with Gasteiger partial charge in [0.15, 0.2) is 0 Å². The number of halogens is 2. The van der Waals surface area contributed by atoms with E-state index in [4.69, 9.17) is 28.3 Å². The summed E-state index contributed by atoms with van der Waals surface area (Å²) in [4.78, 5) is 0. The van der Waals surface area contributed by atoms with Crippen LogP contribution in [0, 0.1) is 0 Å². The maximum absolute atomic E-state index is 9.90. The van der Waals surface area contributed by atoms with Crippen LogP contribution in [0.1, 0.15) is 24.3 Å². The molecule has 2 atom stereocenters. The van der Waals surface area contributed by atoms with Gasteiger partial charge in [-0.25, -0.2) is 0 Å². The van der Waals surface area contributed by atoms with Crippen molar-refractivity contribution in [3.8, 4) is 5.75 Å². The first-order chi connectivity index (χ1) is 8.11. The maximum atomic E-state index is 9.90. The second-order valence-corrected chi connectivity index (χ2v) is 5.19. The molecule has 0 amide bonds. The Morgan fingerprint density at radius 1 is 1.29 bits per heavy atom. The molecule has 1 saturated heterocycles. The number of phenolic OH excluding ortho intramolecular Hbond substituents is 1. The number of aliphatic hydroxyl groups excluding tert-OH is 1. The molecule has 17 heavy (non-hydrogen) atoms. The highest BCUT2D eigenvalue weighted by molar-refractivity contribution is 6.42. The molecule has 0 spiro atoms.